The smallest absolute Gasteiger partial charge is 0.272 e. The fraction of sp³-hybridized carbons (Fsp3) is 0.0556. The van der Waals surface area contributed by atoms with E-state index >= 15 is 0 Å². The molecular weight excluding hydrogens is 290 g/mol. The number of rotatable bonds is 4. The Labute approximate surface area is 134 Å². The summed E-state index contributed by atoms with van der Waals surface area (Å²) in [6.07, 6.45) is 1.59. The zero-order valence-corrected chi connectivity index (χ0v) is 12.5. The summed E-state index contributed by atoms with van der Waals surface area (Å²) >= 11 is 0. The van der Waals surface area contributed by atoms with Gasteiger partial charge in [0.2, 0.25) is 5.91 Å². The highest BCUT2D eigenvalue weighted by molar-refractivity contribution is 6.08. The molecule has 0 radical (unpaired) electrons. The van der Waals surface area contributed by atoms with Crippen LogP contribution >= 0.6 is 0 Å². The number of amides is 2. The lowest BCUT2D eigenvalue weighted by molar-refractivity contribution is -0.120. The summed E-state index contributed by atoms with van der Waals surface area (Å²) in [5.74, 6) is -0.799. The van der Waals surface area contributed by atoms with Crippen LogP contribution in [0.5, 0.6) is 0 Å². The van der Waals surface area contributed by atoms with Crippen LogP contribution in [0.2, 0.25) is 0 Å². The van der Waals surface area contributed by atoms with Crippen molar-refractivity contribution in [3.63, 3.8) is 0 Å². The Kier molecular flexibility index (Phi) is 5.26. The maximum Gasteiger partial charge on any atom is 0.272 e. The first kappa shape index (κ1) is 16.0. The summed E-state index contributed by atoms with van der Waals surface area (Å²) < 4.78 is 0. The first-order chi connectivity index (χ1) is 11.1. The zero-order chi connectivity index (χ0) is 16.7. The number of benzene rings is 2. The molecule has 0 spiro atoms. The maximum atomic E-state index is 12.4. The van der Waals surface area contributed by atoms with Crippen LogP contribution in [-0.4, -0.2) is 11.8 Å². The number of anilines is 1. The van der Waals surface area contributed by atoms with Gasteiger partial charge in [0.1, 0.15) is 5.70 Å². The minimum atomic E-state index is -0.459. The lowest BCUT2D eigenvalue weighted by atomic mass is 10.1. The monoisotopic (exact) mass is 305 g/mol. The molecule has 0 atom stereocenters. The third kappa shape index (κ3) is 4.83. The van der Waals surface area contributed by atoms with E-state index in [4.69, 9.17) is 5.26 Å². The molecule has 0 aliphatic rings. The second kappa shape index (κ2) is 7.57. The van der Waals surface area contributed by atoms with Gasteiger partial charge in [-0.15, -0.1) is 0 Å². The minimum absolute atomic E-state index is 0.131. The minimum Gasteiger partial charge on any atom is -0.322 e. The van der Waals surface area contributed by atoms with Gasteiger partial charge >= 0.3 is 0 Å². The van der Waals surface area contributed by atoms with Crippen molar-refractivity contribution in [3.05, 3.63) is 71.4 Å². The molecule has 2 N–H and O–H groups in total. The molecule has 0 saturated carbocycles. The maximum absolute atomic E-state index is 12.4. The predicted octanol–water partition coefficient (Wildman–Crippen LogP) is 2.67. The molecule has 0 aromatic heterocycles. The van der Waals surface area contributed by atoms with Gasteiger partial charge in [0.05, 0.1) is 11.6 Å². The van der Waals surface area contributed by atoms with Gasteiger partial charge in [0.25, 0.3) is 5.91 Å². The molecule has 0 bridgehead atoms. The standard InChI is InChI=1S/C18H15N3O2/c1-13(22)20-17(11-14-6-3-2-4-7-14)18(23)21-16-9-5-8-15(10-16)12-19/h2-11H,1H3,(H,20,22)(H,21,23)/b17-11+. The third-order valence-corrected chi connectivity index (χ3v) is 2.92. The third-order valence-electron chi connectivity index (χ3n) is 2.92. The predicted molar refractivity (Wildman–Crippen MR) is 88.0 cm³/mol. The second-order valence-corrected chi connectivity index (χ2v) is 4.80. The van der Waals surface area contributed by atoms with E-state index in [1.807, 2.05) is 36.4 Å². The number of carbonyl (C=O) groups is 2. The summed E-state index contributed by atoms with van der Waals surface area (Å²) in [5, 5.41) is 14.1. The van der Waals surface area contributed by atoms with E-state index in [0.29, 0.717) is 11.3 Å². The Morgan fingerprint density at radius 1 is 1.09 bits per heavy atom. The summed E-state index contributed by atoms with van der Waals surface area (Å²) in [6, 6.07) is 17.7. The highest BCUT2D eigenvalue weighted by atomic mass is 16.2. The summed E-state index contributed by atoms with van der Waals surface area (Å²) in [4.78, 5) is 23.7. The molecule has 2 amide bonds. The van der Waals surface area contributed by atoms with Crippen molar-refractivity contribution >= 4 is 23.6 Å². The van der Waals surface area contributed by atoms with E-state index in [0.717, 1.165) is 5.56 Å². The summed E-state index contributed by atoms with van der Waals surface area (Å²) in [5.41, 5.74) is 1.84. The van der Waals surface area contributed by atoms with E-state index in [1.54, 1.807) is 30.3 Å². The zero-order valence-electron chi connectivity index (χ0n) is 12.5. The summed E-state index contributed by atoms with van der Waals surface area (Å²) in [7, 11) is 0. The van der Waals surface area contributed by atoms with Gasteiger partial charge in [0.15, 0.2) is 0 Å². The Morgan fingerprint density at radius 3 is 2.48 bits per heavy atom. The molecule has 0 aliphatic heterocycles. The Hall–Kier alpha value is -3.39. The molecule has 5 heteroatoms. The normalized spacial score (nSPS) is 10.5. The van der Waals surface area contributed by atoms with Crippen LogP contribution in [-0.2, 0) is 9.59 Å². The number of nitrogens with one attached hydrogen (secondary N) is 2. The Balaban J connectivity index is 2.25. The van der Waals surface area contributed by atoms with Crippen molar-refractivity contribution in [2.45, 2.75) is 6.92 Å². The van der Waals surface area contributed by atoms with Crippen molar-refractivity contribution in [2.24, 2.45) is 0 Å². The van der Waals surface area contributed by atoms with Crippen LogP contribution in [0.25, 0.3) is 6.08 Å². The molecule has 0 aliphatic carbocycles. The molecule has 2 aromatic carbocycles. The fourth-order valence-electron chi connectivity index (χ4n) is 1.93. The van der Waals surface area contributed by atoms with E-state index < -0.39 is 5.91 Å². The topological polar surface area (TPSA) is 82.0 Å². The van der Waals surface area contributed by atoms with Crippen LogP contribution < -0.4 is 10.6 Å². The second-order valence-electron chi connectivity index (χ2n) is 4.80. The first-order valence-electron chi connectivity index (χ1n) is 6.94. The molecule has 5 nitrogen and oxygen atoms in total. The largest absolute Gasteiger partial charge is 0.322 e. The van der Waals surface area contributed by atoms with Gasteiger partial charge in [-0.25, -0.2) is 0 Å². The van der Waals surface area contributed by atoms with E-state index in [9.17, 15) is 9.59 Å². The number of carbonyl (C=O) groups excluding carboxylic acids is 2. The van der Waals surface area contributed by atoms with Gasteiger partial charge in [-0.1, -0.05) is 36.4 Å². The lowest BCUT2D eigenvalue weighted by Gasteiger charge is -2.10. The molecule has 0 heterocycles. The van der Waals surface area contributed by atoms with E-state index in [-0.39, 0.29) is 11.6 Å². The molecular formula is C18H15N3O2. The molecule has 2 rings (SSSR count). The number of hydrogen-bond acceptors (Lipinski definition) is 3. The van der Waals surface area contributed by atoms with Crippen molar-refractivity contribution in [3.8, 4) is 6.07 Å². The van der Waals surface area contributed by atoms with Gasteiger partial charge in [-0.3, -0.25) is 9.59 Å². The van der Waals surface area contributed by atoms with E-state index in [2.05, 4.69) is 10.6 Å². The number of nitriles is 1. The average Bonchev–Trinajstić information content (AvgIpc) is 2.55. The molecule has 0 saturated heterocycles. The number of hydrogen-bond donors (Lipinski definition) is 2. The molecule has 0 fully saturated rings. The number of nitrogens with zero attached hydrogens (tertiary/aromatic N) is 1. The van der Waals surface area contributed by atoms with Crippen molar-refractivity contribution in [1.82, 2.24) is 5.32 Å². The van der Waals surface area contributed by atoms with Crippen molar-refractivity contribution in [1.29, 1.82) is 5.26 Å². The van der Waals surface area contributed by atoms with Gasteiger partial charge in [-0.05, 0) is 29.8 Å². The van der Waals surface area contributed by atoms with E-state index in [1.165, 1.54) is 6.92 Å². The van der Waals surface area contributed by atoms with Gasteiger partial charge in [0, 0.05) is 12.6 Å². The summed E-state index contributed by atoms with van der Waals surface area (Å²) in [6.45, 7) is 1.34. The quantitative estimate of drug-likeness (QED) is 0.852. The lowest BCUT2D eigenvalue weighted by Crippen LogP contribution is -2.28. The van der Waals surface area contributed by atoms with Crippen LogP contribution in [0.15, 0.2) is 60.3 Å². The molecule has 2 aromatic rings. The highest BCUT2D eigenvalue weighted by Gasteiger charge is 2.11. The Bertz CT molecular complexity index is 789. The first-order valence-corrected chi connectivity index (χ1v) is 6.94. The van der Waals surface area contributed by atoms with Gasteiger partial charge in [-0.2, -0.15) is 5.26 Å². The Morgan fingerprint density at radius 2 is 1.83 bits per heavy atom. The van der Waals surface area contributed by atoms with Crippen LogP contribution in [0, 0.1) is 11.3 Å². The average molecular weight is 305 g/mol. The van der Waals surface area contributed by atoms with Crippen LogP contribution in [0.1, 0.15) is 18.1 Å². The van der Waals surface area contributed by atoms with Crippen LogP contribution in [0.3, 0.4) is 0 Å². The molecule has 23 heavy (non-hydrogen) atoms. The van der Waals surface area contributed by atoms with Gasteiger partial charge < -0.3 is 10.6 Å². The van der Waals surface area contributed by atoms with Crippen molar-refractivity contribution in [2.75, 3.05) is 5.32 Å². The fourth-order valence-corrected chi connectivity index (χ4v) is 1.93. The molecule has 114 valence electrons. The highest BCUT2D eigenvalue weighted by Crippen LogP contribution is 2.12. The molecule has 0 unspecified atom stereocenters. The van der Waals surface area contributed by atoms with Crippen LogP contribution in [0.4, 0.5) is 5.69 Å². The SMILES string of the molecule is CC(=O)N/C(=C/c1ccccc1)C(=O)Nc1cccc(C#N)c1. The van der Waals surface area contributed by atoms with Crippen molar-refractivity contribution < 1.29 is 9.59 Å².